The number of benzene rings is 3. The van der Waals surface area contributed by atoms with E-state index in [2.05, 4.69) is 15.2 Å². The molecule has 35 heavy (non-hydrogen) atoms. The first-order valence-electron chi connectivity index (χ1n) is 11.3. The zero-order valence-electron chi connectivity index (χ0n) is 18.7. The van der Waals surface area contributed by atoms with Crippen LogP contribution < -0.4 is 4.74 Å². The van der Waals surface area contributed by atoms with E-state index in [9.17, 15) is 4.39 Å². The van der Waals surface area contributed by atoms with Crippen LogP contribution in [-0.4, -0.2) is 19.9 Å². The molecule has 0 saturated carbocycles. The second kappa shape index (κ2) is 9.15. The minimum Gasteiger partial charge on any atom is -0.489 e. The molecule has 6 rings (SSSR count). The molecule has 0 amide bonds. The van der Waals surface area contributed by atoms with Gasteiger partial charge in [-0.1, -0.05) is 47.6 Å². The molecule has 3 heterocycles. The first kappa shape index (κ1) is 21.2. The molecule has 0 spiro atoms. The molecule has 2 aromatic heterocycles. The van der Waals surface area contributed by atoms with Crippen LogP contribution in [0.25, 0.3) is 23.0 Å². The lowest BCUT2D eigenvalue weighted by molar-refractivity contribution is -0.00116. The van der Waals surface area contributed by atoms with Gasteiger partial charge in [0.1, 0.15) is 24.3 Å². The monoisotopic (exact) mass is 468 g/mol. The largest absolute Gasteiger partial charge is 0.489 e. The number of halogens is 1. The Morgan fingerprint density at radius 1 is 0.971 bits per heavy atom. The molecule has 0 N–H and O–H groups in total. The van der Waals surface area contributed by atoms with Crippen molar-refractivity contribution in [2.45, 2.75) is 25.9 Å². The fourth-order valence-electron chi connectivity index (χ4n) is 3.99. The van der Waals surface area contributed by atoms with Crippen molar-refractivity contribution in [3.05, 3.63) is 108 Å². The van der Waals surface area contributed by atoms with Crippen LogP contribution in [0.1, 0.15) is 22.9 Å². The lowest BCUT2D eigenvalue weighted by atomic mass is 10.1. The predicted molar refractivity (Wildman–Crippen MR) is 126 cm³/mol. The Balaban J connectivity index is 1.14. The molecule has 3 aromatic carbocycles. The zero-order valence-corrected chi connectivity index (χ0v) is 18.7. The van der Waals surface area contributed by atoms with Crippen molar-refractivity contribution < 1.29 is 18.4 Å². The molecular weight excluding hydrogens is 447 g/mol. The Labute approximate surface area is 200 Å². The van der Waals surface area contributed by atoms with Crippen LogP contribution in [0.15, 0.2) is 89.5 Å². The fourth-order valence-corrected chi connectivity index (χ4v) is 3.99. The number of fused-ring (bicyclic) bond motifs is 1. The Bertz CT molecular complexity index is 1430. The first-order chi connectivity index (χ1) is 17.2. The van der Waals surface area contributed by atoms with Crippen LogP contribution in [-0.2, 0) is 24.5 Å². The summed E-state index contributed by atoms with van der Waals surface area (Å²) in [4.78, 5) is 4.53. The summed E-state index contributed by atoms with van der Waals surface area (Å²) in [5.41, 5.74) is 4.33. The van der Waals surface area contributed by atoms with Gasteiger partial charge in [0.25, 0.3) is 5.89 Å². The van der Waals surface area contributed by atoms with Crippen molar-refractivity contribution in [1.29, 1.82) is 0 Å². The Kier molecular flexibility index (Phi) is 5.56. The van der Waals surface area contributed by atoms with E-state index in [1.54, 1.807) is 12.1 Å². The Morgan fingerprint density at radius 2 is 1.77 bits per heavy atom. The second-order valence-corrected chi connectivity index (χ2v) is 8.28. The molecule has 5 aromatic rings. The highest BCUT2D eigenvalue weighted by Crippen LogP contribution is 2.30. The minimum absolute atomic E-state index is 0.197. The van der Waals surface area contributed by atoms with Crippen molar-refractivity contribution in [1.82, 2.24) is 19.9 Å². The summed E-state index contributed by atoms with van der Waals surface area (Å²) in [7, 11) is 0. The molecule has 0 radical (unpaired) electrons. The first-order valence-corrected chi connectivity index (χ1v) is 11.3. The van der Waals surface area contributed by atoms with Crippen molar-refractivity contribution in [2.24, 2.45) is 0 Å². The van der Waals surface area contributed by atoms with Gasteiger partial charge < -0.3 is 14.0 Å². The van der Waals surface area contributed by atoms with E-state index in [0.717, 1.165) is 28.1 Å². The highest BCUT2D eigenvalue weighted by atomic mass is 19.1. The van der Waals surface area contributed by atoms with Crippen LogP contribution >= 0.6 is 0 Å². The van der Waals surface area contributed by atoms with E-state index < -0.39 is 0 Å². The van der Waals surface area contributed by atoms with Gasteiger partial charge in [-0.2, -0.15) is 10.1 Å². The van der Waals surface area contributed by atoms with Gasteiger partial charge in [0.2, 0.25) is 5.82 Å². The molecular formula is C27H21FN4O3. The Hall–Kier alpha value is -4.30. The lowest BCUT2D eigenvalue weighted by Gasteiger charge is -2.24. The minimum atomic E-state index is -0.270. The van der Waals surface area contributed by atoms with Crippen molar-refractivity contribution in [3.8, 4) is 28.7 Å². The van der Waals surface area contributed by atoms with Gasteiger partial charge in [-0.3, -0.25) is 4.68 Å². The molecule has 174 valence electrons. The number of aromatic nitrogens is 4. The van der Waals surface area contributed by atoms with E-state index in [1.165, 1.54) is 12.1 Å². The van der Waals surface area contributed by atoms with Gasteiger partial charge in [-0.05, 0) is 53.6 Å². The van der Waals surface area contributed by atoms with Gasteiger partial charge in [-0.25, -0.2) is 4.39 Å². The van der Waals surface area contributed by atoms with E-state index in [-0.39, 0.29) is 11.9 Å². The number of nitrogens with zero attached hydrogens (tertiary/aromatic N) is 4. The number of rotatable bonds is 6. The average Bonchev–Trinajstić information content (AvgIpc) is 3.56. The van der Waals surface area contributed by atoms with E-state index in [0.29, 0.717) is 37.2 Å². The molecule has 7 nitrogen and oxygen atoms in total. The van der Waals surface area contributed by atoms with Crippen LogP contribution in [0, 0.1) is 5.82 Å². The summed E-state index contributed by atoms with van der Waals surface area (Å²) in [6.45, 7) is 1.41. The quantitative estimate of drug-likeness (QED) is 0.323. The summed E-state index contributed by atoms with van der Waals surface area (Å²) in [6, 6.07) is 25.8. The topological polar surface area (TPSA) is 75.2 Å². The van der Waals surface area contributed by atoms with Crippen molar-refractivity contribution >= 4 is 0 Å². The molecule has 0 fully saturated rings. The number of hydrogen-bond donors (Lipinski definition) is 0. The average molecular weight is 468 g/mol. The third-order valence-corrected chi connectivity index (χ3v) is 5.88. The molecule has 1 atom stereocenters. The maximum Gasteiger partial charge on any atom is 0.278 e. The van der Waals surface area contributed by atoms with Gasteiger partial charge >= 0.3 is 0 Å². The Morgan fingerprint density at radius 3 is 2.57 bits per heavy atom. The highest BCUT2D eigenvalue weighted by molar-refractivity contribution is 5.59. The van der Waals surface area contributed by atoms with E-state index in [4.69, 9.17) is 14.0 Å². The van der Waals surface area contributed by atoms with Crippen molar-refractivity contribution in [3.63, 3.8) is 0 Å². The smallest absolute Gasteiger partial charge is 0.278 e. The number of ether oxygens (including phenoxy) is 2. The maximum absolute atomic E-state index is 13.2. The van der Waals surface area contributed by atoms with Crippen LogP contribution in [0.2, 0.25) is 0 Å². The van der Waals surface area contributed by atoms with Crippen molar-refractivity contribution in [2.75, 3.05) is 0 Å². The molecule has 0 aliphatic carbocycles. The standard InChI is InChI=1S/C27H21FN4O3/c28-21-10-6-19(7-11-21)25-15-32-22(17-34-25)14-24(30-32)27-29-26(31-35-27)20-8-12-23(13-9-20)33-16-18-4-2-1-3-5-18/h1-14,25H,15-17H2. The van der Waals surface area contributed by atoms with Gasteiger partial charge in [0.15, 0.2) is 5.69 Å². The third-order valence-electron chi connectivity index (χ3n) is 5.88. The van der Waals surface area contributed by atoms with Crippen LogP contribution in [0.5, 0.6) is 5.75 Å². The lowest BCUT2D eigenvalue weighted by Crippen LogP contribution is -2.21. The second-order valence-electron chi connectivity index (χ2n) is 8.28. The molecule has 1 aliphatic heterocycles. The molecule has 0 saturated heterocycles. The molecule has 0 bridgehead atoms. The summed E-state index contributed by atoms with van der Waals surface area (Å²) < 4.78 is 32.4. The van der Waals surface area contributed by atoms with E-state index in [1.807, 2.05) is 65.3 Å². The van der Waals surface area contributed by atoms with Gasteiger partial charge in [0, 0.05) is 5.56 Å². The molecule has 1 aliphatic rings. The van der Waals surface area contributed by atoms with Crippen LogP contribution in [0.4, 0.5) is 4.39 Å². The van der Waals surface area contributed by atoms with E-state index >= 15 is 0 Å². The SMILES string of the molecule is Fc1ccc(C2Cn3nc(-c4nc(-c5ccc(OCc6ccccc6)cc5)no4)cc3CO2)cc1. The summed E-state index contributed by atoms with van der Waals surface area (Å²) in [5, 5.41) is 8.76. The highest BCUT2D eigenvalue weighted by Gasteiger charge is 2.24. The normalized spacial score (nSPS) is 15.1. The maximum atomic E-state index is 13.2. The number of hydrogen-bond acceptors (Lipinski definition) is 6. The fraction of sp³-hybridized carbons (Fsp3) is 0.148. The van der Waals surface area contributed by atoms with Gasteiger partial charge in [-0.15, -0.1) is 0 Å². The summed E-state index contributed by atoms with van der Waals surface area (Å²) in [5.74, 6) is 1.30. The third kappa shape index (κ3) is 4.56. The van der Waals surface area contributed by atoms with Crippen LogP contribution in [0.3, 0.4) is 0 Å². The zero-order chi connectivity index (χ0) is 23.6. The summed E-state index contributed by atoms with van der Waals surface area (Å²) >= 11 is 0. The molecule has 8 heteroatoms. The molecule has 1 unspecified atom stereocenters. The predicted octanol–water partition coefficient (Wildman–Crippen LogP) is 5.59. The summed E-state index contributed by atoms with van der Waals surface area (Å²) in [6.07, 6.45) is -0.197. The van der Waals surface area contributed by atoms with Gasteiger partial charge in [0.05, 0.1) is 18.8 Å².